The molecule has 0 saturated carbocycles. The Kier molecular flexibility index (Phi) is 5.19. The molecular formula is C15H17F3O2S. The predicted molar refractivity (Wildman–Crippen MR) is 75.6 cm³/mol. The zero-order valence-corrected chi connectivity index (χ0v) is 12.4. The zero-order chi connectivity index (χ0) is 15.6. The smallest absolute Gasteiger partial charge is 0.293 e. The van der Waals surface area contributed by atoms with E-state index < -0.39 is 34.1 Å². The normalized spacial score (nSPS) is 31.1. The molecule has 2 aliphatic carbocycles. The van der Waals surface area contributed by atoms with Crippen molar-refractivity contribution < 1.29 is 22.2 Å². The average Bonchev–Trinajstić information content (AvgIpc) is 2.44. The van der Waals surface area contributed by atoms with Crippen molar-refractivity contribution in [1.29, 1.82) is 0 Å². The van der Waals surface area contributed by atoms with Crippen LogP contribution in [0.1, 0.15) is 26.2 Å². The predicted octanol–water partition coefficient (Wildman–Crippen LogP) is 3.89. The minimum Gasteiger partial charge on any atom is -0.293 e. The van der Waals surface area contributed by atoms with E-state index >= 15 is 0 Å². The highest BCUT2D eigenvalue weighted by atomic mass is 32.2. The number of fused-ring (bicyclic) bond motifs is 1. The molecule has 21 heavy (non-hydrogen) atoms. The molecule has 0 saturated heterocycles. The lowest BCUT2D eigenvalue weighted by Gasteiger charge is -2.32. The summed E-state index contributed by atoms with van der Waals surface area (Å²) in [6.07, 6.45) is 7.18. The van der Waals surface area contributed by atoms with Crippen molar-refractivity contribution in [1.82, 2.24) is 0 Å². The number of alkyl halides is 2. The second-order valence-electron chi connectivity index (χ2n) is 5.25. The zero-order valence-electron chi connectivity index (χ0n) is 11.6. The summed E-state index contributed by atoms with van der Waals surface area (Å²) in [5.41, 5.74) is 0. The molecule has 6 heteroatoms. The van der Waals surface area contributed by atoms with Gasteiger partial charge >= 0.3 is 5.76 Å². The lowest BCUT2D eigenvalue weighted by molar-refractivity contribution is -0.118. The molecule has 0 aromatic rings. The van der Waals surface area contributed by atoms with E-state index in [0.29, 0.717) is 12.8 Å². The highest BCUT2D eigenvalue weighted by molar-refractivity contribution is 7.90. The maximum absolute atomic E-state index is 13.5. The van der Waals surface area contributed by atoms with Gasteiger partial charge in [0.1, 0.15) is 16.6 Å². The topological polar surface area (TPSA) is 34.1 Å². The summed E-state index contributed by atoms with van der Waals surface area (Å²) in [6.45, 7) is 1.96. The van der Waals surface area contributed by atoms with Crippen LogP contribution in [0, 0.1) is 17.8 Å². The summed E-state index contributed by atoms with van der Waals surface area (Å²) in [5.74, 6) is -5.03. The van der Waals surface area contributed by atoms with E-state index in [-0.39, 0.29) is 16.7 Å². The van der Waals surface area contributed by atoms with Crippen LogP contribution in [0.25, 0.3) is 0 Å². The van der Waals surface area contributed by atoms with Crippen molar-refractivity contribution in [3.05, 3.63) is 35.0 Å². The van der Waals surface area contributed by atoms with Crippen LogP contribution in [-0.4, -0.2) is 15.7 Å². The molecule has 0 amide bonds. The van der Waals surface area contributed by atoms with E-state index in [1.807, 2.05) is 6.92 Å². The first kappa shape index (κ1) is 16.2. The molecule has 0 fully saturated rings. The van der Waals surface area contributed by atoms with Crippen LogP contribution >= 0.6 is 0 Å². The Morgan fingerprint density at radius 2 is 2.14 bits per heavy atom. The van der Waals surface area contributed by atoms with E-state index in [2.05, 4.69) is 0 Å². The minimum atomic E-state index is -3.08. The third-order valence-electron chi connectivity index (χ3n) is 4.09. The fourth-order valence-electron chi connectivity index (χ4n) is 3.00. The highest BCUT2D eigenvalue weighted by Crippen LogP contribution is 2.38. The third kappa shape index (κ3) is 3.36. The number of Topliss-reactive ketones (excluding diaryl/α,β-unsaturated/α-hetero) is 1. The van der Waals surface area contributed by atoms with Crippen LogP contribution in [0.3, 0.4) is 0 Å². The van der Waals surface area contributed by atoms with Gasteiger partial charge in [-0.25, -0.2) is 8.60 Å². The summed E-state index contributed by atoms with van der Waals surface area (Å²) in [4.78, 5) is 12.1. The van der Waals surface area contributed by atoms with Gasteiger partial charge in [-0.05, 0) is 36.8 Å². The summed E-state index contributed by atoms with van der Waals surface area (Å²) in [5, 5.41) is 0. The number of hydrogen-bond acceptors (Lipinski definition) is 2. The molecule has 0 spiro atoms. The fraction of sp³-hybridized carbons (Fsp3) is 0.533. The number of hydrogen-bond donors (Lipinski definition) is 0. The number of ketones is 1. The van der Waals surface area contributed by atoms with Crippen LogP contribution < -0.4 is 0 Å². The Bertz CT molecular complexity index is 537. The van der Waals surface area contributed by atoms with Gasteiger partial charge in [0.15, 0.2) is 5.78 Å². The van der Waals surface area contributed by atoms with Crippen molar-refractivity contribution in [3.8, 4) is 0 Å². The Hall–Kier alpha value is -1.17. The first-order valence-electron chi connectivity index (χ1n) is 6.94. The van der Waals surface area contributed by atoms with Crippen molar-refractivity contribution in [2.75, 3.05) is 0 Å². The Morgan fingerprint density at radius 3 is 2.76 bits per heavy atom. The van der Waals surface area contributed by atoms with Crippen LogP contribution in [0.4, 0.5) is 13.2 Å². The van der Waals surface area contributed by atoms with Crippen LogP contribution in [0.5, 0.6) is 0 Å². The largest absolute Gasteiger partial charge is 0.316 e. The van der Waals surface area contributed by atoms with Gasteiger partial charge in [0.2, 0.25) is 0 Å². The monoisotopic (exact) mass is 318 g/mol. The van der Waals surface area contributed by atoms with Crippen molar-refractivity contribution in [2.24, 2.45) is 17.8 Å². The summed E-state index contributed by atoms with van der Waals surface area (Å²) in [7, 11) is -2.61. The van der Waals surface area contributed by atoms with E-state index in [9.17, 15) is 22.2 Å². The van der Waals surface area contributed by atoms with Gasteiger partial charge in [0, 0.05) is 5.92 Å². The Morgan fingerprint density at radius 1 is 1.43 bits per heavy atom. The number of halogens is 3. The highest BCUT2D eigenvalue weighted by Gasteiger charge is 2.38. The van der Waals surface area contributed by atoms with Crippen molar-refractivity contribution >= 4 is 16.6 Å². The Labute approximate surface area is 124 Å². The molecular weight excluding hydrogens is 301 g/mol. The minimum absolute atomic E-state index is 0.104. The molecule has 2 rings (SSSR count). The van der Waals surface area contributed by atoms with E-state index in [1.165, 1.54) is 24.3 Å². The maximum Gasteiger partial charge on any atom is 0.316 e. The molecule has 0 heterocycles. The lowest BCUT2D eigenvalue weighted by Crippen LogP contribution is -2.32. The molecule has 4 unspecified atom stereocenters. The first-order valence-corrected chi connectivity index (χ1v) is 8.15. The average molecular weight is 318 g/mol. The molecule has 116 valence electrons. The number of allylic oxidation sites excluding steroid dienone is 6. The van der Waals surface area contributed by atoms with Gasteiger partial charge in [-0.1, -0.05) is 25.5 Å². The van der Waals surface area contributed by atoms with Crippen molar-refractivity contribution in [3.63, 3.8) is 0 Å². The van der Waals surface area contributed by atoms with E-state index in [1.54, 1.807) is 0 Å². The molecule has 4 atom stereocenters. The molecule has 0 aliphatic heterocycles. The van der Waals surface area contributed by atoms with Crippen LogP contribution in [-0.2, 0) is 15.6 Å². The second-order valence-corrected chi connectivity index (χ2v) is 6.64. The van der Waals surface area contributed by atoms with Gasteiger partial charge in [0.05, 0.1) is 4.91 Å². The molecule has 2 aliphatic rings. The molecule has 0 aromatic heterocycles. The van der Waals surface area contributed by atoms with E-state index in [0.717, 1.165) is 6.42 Å². The van der Waals surface area contributed by atoms with Gasteiger partial charge < -0.3 is 0 Å². The first-order chi connectivity index (χ1) is 9.95. The van der Waals surface area contributed by atoms with Gasteiger partial charge in [-0.2, -0.15) is 8.78 Å². The molecule has 0 N–H and O–H groups in total. The molecule has 0 bridgehead atoms. The van der Waals surface area contributed by atoms with Crippen molar-refractivity contribution in [2.45, 2.75) is 31.9 Å². The van der Waals surface area contributed by atoms with Crippen LogP contribution in [0.15, 0.2) is 35.0 Å². The summed E-state index contributed by atoms with van der Waals surface area (Å²) >= 11 is 0. The van der Waals surface area contributed by atoms with Gasteiger partial charge in [0.25, 0.3) is 0 Å². The second kappa shape index (κ2) is 6.73. The number of carbonyl (C=O) groups is 1. The Balaban J connectivity index is 2.39. The lowest BCUT2D eigenvalue weighted by atomic mass is 9.72. The summed E-state index contributed by atoms with van der Waals surface area (Å²) in [6, 6.07) is 0. The van der Waals surface area contributed by atoms with Gasteiger partial charge in [-0.3, -0.25) is 4.79 Å². The number of carbonyl (C=O) groups excluding carboxylic acids is 1. The fourth-order valence-corrected chi connectivity index (χ4v) is 3.81. The molecule has 0 aromatic carbocycles. The standard InChI is InChI=1S/C15H17F3O2S/c1-2-9-4-3-5-13(21(20)15(17)18)14(19)11-7-6-10(16)8-12(9)11/h5-9,11-12,15H,2-4H2,1H3. The van der Waals surface area contributed by atoms with E-state index in [4.69, 9.17) is 0 Å². The maximum atomic E-state index is 13.5. The number of rotatable bonds is 3. The SMILES string of the molecule is CCC1CCC=C(S(=O)C(F)F)C(=O)C2C=CC(F)=CC12. The van der Waals surface area contributed by atoms with Gasteiger partial charge in [-0.15, -0.1) is 0 Å². The quantitative estimate of drug-likeness (QED) is 0.791. The molecule has 2 nitrogen and oxygen atoms in total. The van der Waals surface area contributed by atoms with Crippen LogP contribution in [0.2, 0.25) is 0 Å². The summed E-state index contributed by atoms with van der Waals surface area (Å²) < 4.78 is 50.4. The molecule has 0 radical (unpaired) electrons. The third-order valence-corrected chi connectivity index (χ3v) is 5.21.